The van der Waals surface area contributed by atoms with Gasteiger partial charge in [-0.05, 0) is 70.6 Å². The maximum absolute atomic E-state index is 12.9. The fourth-order valence-corrected chi connectivity index (χ4v) is 8.91. The number of ether oxygens (including phenoxy) is 3. The van der Waals surface area contributed by atoms with Gasteiger partial charge in [0.05, 0.1) is 0 Å². The number of carbonyl (C=O) groups is 3. The Morgan fingerprint density at radius 3 is 0.761 bits per heavy atom. The van der Waals surface area contributed by atoms with E-state index in [1.807, 2.05) is 0 Å². The van der Waals surface area contributed by atoms with E-state index in [0.29, 0.717) is 19.3 Å². The third-order valence-corrected chi connectivity index (χ3v) is 13.4. The number of esters is 3. The molecule has 0 saturated heterocycles. The fourth-order valence-electron chi connectivity index (χ4n) is 8.91. The maximum atomic E-state index is 12.9. The summed E-state index contributed by atoms with van der Waals surface area (Å²) in [5.74, 6) is -0.853. The van der Waals surface area contributed by atoms with Crippen molar-refractivity contribution in [1.82, 2.24) is 0 Å². The second-order valence-electron chi connectivity index (χ2n) is 20.3. The minimum absolute atomic E-state index is 0.0691. The molecule has 6 nitrogen and oxygen atoms in total. The molecule has 0 fully saturated rings. The molecule has 394 valence electrons. The molecule has 0 aromatic heterocycles. The van der Waals surface area contributed by atoms with E-state index in [0.717, 1.165) is 57.8 Å². The molecule has 0 aromatic rings. The van der Waals surface area contributed by atoms with Crippen LogP contribution in [-0.4, -0.2) is 37.2 Å². The molecule has 0 bridgehead atoms. The Kier molecular flexibility index (Phi) is 54.7. The quantitative estimate of drug-likeness (QED) is 0.0262. The second kappa shape index (κ2) is 56.5. The maximum Gasteiger partial charge on any atom is 0.306 e. The van der Waals surface area contributed by atoms with E-state index >= 15 is 0 Å². The van der Waals surface area contributed by atoms with E-state index in [9.17, 15) is 14.4 Å². The van der Waals surface area contributed by atoms with Crippen molar-refractivity contribution in [3.8, 4) is 0 Å². The molecular formula is C61H114O6. The summed E-state index contributed by atoms with van der Waals surface area (Å²) in [6, 6.07) is 0. The molecule has 0 spiro atoms. The van der Waals surface area contributed by atoms with Crippen LogP contribution in [0.3, 0.4) is 0 Å². The van der Waals surface area contributed by atoms with Gasteiger partial charge in [0, 0.05) is 19.3 Å². The van der Waals surface area contributed by atoms with Crippen LogP contribution in [0, 0.1) is 0 Å². The highest BCUT2D eigenvalue weighted by Crippen LogP contribution is 2.17. The molecule has 0 unspecified atom stereocenters. The van der Waals surface area contributed by atoms with Gasteiger partial charge in [0.15, 0.2) is 6.10 Å². The topological polar surface area (TPSA) is 78.9 Å². The SMILES string of the molecule is CCCCCC/C=C\CCCCCCCCCC(=O)OC[C@@H](COC(=O)CCCCCCCCCCC/C=C\CCCCCCCC)OC(=O)CCCCCCCCCCCCCCCCC. The predicted octanol–water partition coefficient (Wildman–Crippen LogP) is 19.9. The minimum atomic E-state index is -0.770. The number of hydrogen-bond acceptors (Lipinski definition) is 6. The first-order chi connectivity index (χ1) is 33.0. The number of allylic oxidation sites excluding steroid dienone is 4. The molecule has 0 amide bonds. The molecule has 0 aliphatic rings. The zero-order valence-corrected chi connectivity index (χ0v) is 45.2. The number of unbranched alkanes of at least 4 members (excludes halogenated alkanes) is 40. The van der Waals surface area contributed by atoms with Gasteiger partial charge in [-0.2, -0.15) is 0 Å². The molecule has 0 aliphatic heterocycles. The van der Waals surface area contributed by atoms with Crippen molar-refractivity contribution < 1.29 is 28.6 Å². The first-order valence-electron chi connectivity index (χ1n) is 29.8. The smallest absolute Gasteiger partial charge is 0.306 e. The Bertz CT molecular complexity index is 1080. The summed E-state index contributed by atoms with van der Waals surface area (Å²) in [5, 5.41) is 0. The van der Waals surface area contributed by atoms with Crippen LogP contribution in [-0.2, 0) is 28.6 Å². The lowest BCUT2D eigenvalue weighted by Crippen LogP contribution is -2.30. The Balaban J connectivity index is 4.32. The predicted molar refractivity (Wildman–Crippen MR) is 289 cm³/mol. The van der Waals surface area contributed by atoms with Gasteiger partial charge in [0.25, 0.3) is 0 Å². The van der Waals surface area contributed by atoms with E-state index in [4.69, 9.17) is 14.2 Å². The van der Waals surface area contributed by atoms with Crippen LogP contribution in [0.1, 0.15) is 329 Å². The summed E-state index contributed by atoms with van der Waals surface area (Å²) in [7, 11) is 0. The van der Waals surface area contributed by atoms with Gasteiger partial charge in [-0.3, -0.25) is 14.4 Å². The van der Waals surface area contributed by atoms with Crippen molar-refractivity contribution in [2.24, 2.45) is 0 Å². The molecule has 6 heteroatoms. The van der Waals surface area contributed by atoms with Crippen molar-refractivity contribution in [2.75, 3.05) is 13.2 Å². The van der Waals surface area contributed by atoms with Gasteiger partial charge < -0.3 is 14.2 Å². The summed E-state index contributed by atoms with van der Waals surface area (Å²) < 4.78 is 16.9. The monoisotopic (exact) mass is 943 g/mol. The van der Waals surface area contributed by atoms with Crippen LogP contribution >= 0.6 is 0 Å². The lowest BCUT2D eigenvalue weighted by Gasteiger charge is -2.18. The second-order valence-corrected chi connectivity index (χ2v) is 20.3. The molecular weight excluding hydrogens is 829 g/mol. The van der Waals surface area contributed by atoms with Gasteiger partial charge in [0.2, 0.25) is 0 Å². The molecule has 0 aromatic carbocycles. The highest BCUT2D eigenvalue weighted by atomic mass is 16.6. The Morgan fingerprint density at radius 1 is 0.284 bits per heavy atom. The normalized spacial score (nSPS) is 12.1. The van der Waals surface area contributed by atoms with E-state index in [2.05, 4.69) is 45.1 Å². The van der Waals surface area contributed by atoms with Gasteiger partial charge in [-0.15, -0.1) is 0 Å². The summed E-state index contributed by atoms with van der Waals surface area (Å²) in [6.07, 6.45) is 65.9. The Hall–Kier alpha value is -2.11. The standard InChI is InChI=1S/C61H114O6/c1-4-7-10-13-16-19-22-25-28-29-30-31-34-36-39-42-45-48-51-54-60(63)66-57-58(67-61(64)55-52-49-46-43-40-37-33-27-24-21-18-15-12-9-6-3)56-65-59(62)53-50-47-44-41-38-35-32-26-23-20-17-14-11-8-5-2/h20,23,25,28,58H,4-19,21-22,24,26-27,29-57H2,1-3H3/b23-20-,28-25-/t58-/m0/s1. The zero-order chi connectivity index (χ0) is 48.6. The van der Waals surface area contributed by atoms with Crippen LogP contribution in [0.2, 0.25) is 0 Å². The average Bonchev–Trinajstić information content (AvgIpc) is 3.33. The minimum Gasteiger partial charge on any atom is -0.462 e. The average molecular weight is 944 g/mol. The van der Waals surface area contributed by atoms with E-state index in [1.54, 1.807) is 0 Å². The first-order valence-corrected chi connectivity index (χ1v) is 29.8. The van der Waals surface area contributed by atoms with Gasteiger partial charge >= 0.3 is 17.9 Å². The molecule has 0 radical (unpaired) electrons. The highest BCUT2D eigenvalue weighted by molar-refractivity contribution is 5.71. The first kappa shape index (κ1) is 64.9. The van der Waals surface area contributed by atoms with Crippen LogP contribution < -0.4 is 0 Å². The number of carbonyl (C=O) groups excluding carboxylic acids is 3. The van der Waals surface area contributed by atoms with E-state index in [-0.39, 0.29) is 31.1 Å². The third-order valence-electron chi connectivity index (χ3n) is 13.4. The molecule has 67 heavy (non-hydrogen) atoms. The van der Waals surface area contributed by atoms with Gasteiger partial charge in [-0.1, -0.05) is 263 Å². The lowest BCUT2D eigenvalue weighted by atomic mass is 10.0. The Labute approximate surface area is 417 Å². The van der Waals surface area contributed by atoms with Crippen molar-refractivity contribution in [2.45, 2.75) is 335 Å². The highest BCUT2D eigenvalue weighted by Gasteiger charge is 2.19. The van der Waals surface area contributed by atoms with Crippen LogP contribution in [0.5, 0.6) is 0 Å². The zero-order valence-electron chi connectivity index (χ0n) is 45.2. The van der Waals surface area contributed by atoms with Crippen LogP contribution in [0.15, 0.2) is 24.3 Å². The lowest BCUT2D eigenvalue weighted by molar-refractivity contribution is -0.167. The summed E-state index contributed by atoms with van der Waals surface area (Å²) in [6.45, 7) is 6.67. The summed E-state index contributed by atoms with van der Waals surface area (Å²) >= 11 is 0. The molecule has 0 N–H and O–H groups in total. The molecule has 0 aliphatic carbocycles. The van der Waals surface area contributed by atoms with Crippen molar-refractivity contribution >= 4 is 17.9 Å². The van der Waals surface area contributed by atoms with Crippen LogP contribution in [0.4, 0.5) is 0 Å². The third kappa shape index (κ3) is 54.7. The molecule has 1 atom stereocenters. The number of rotatable bonds is 55. The van der Waals surface area contributed by atoms with Crippen molar-refractivity contribution in [3.63, 3.8) is 0 Å². The van der Waals surface area contributed by atoms with Gasteiger partial charge in [-0.25, -0.2) is 0 Å². The molecule has 0 heterocycles. The summed E-state index contributed by atoms with van der Waals surface area (Å²) in [5.41, 5.74) is 0. The van der Waals surface area contributed by atoms with Gasteiger partial charge in [0.1, 0.15) is 13.2 Å². The molecule has 0 rings (SSSR count). The number of hydrogen-bond donors (Lipinski definition) is 0. The Morgan fingerprint density at radius 2 is 0.493 bits per heavy atom. The van der Waals surface area contributed by atoms with Crippen molar-refractivity contribution in [3.05, 3.63) is 24.3 Å². The fraction of sp³-hybridized carbons (Fsp3) is 0.885. The largest absolute Gasteiger partial charge is 0.462 e. The van der Waals surface area contributed by atoms with E-state index < -0.39 is 6.10 Å². The summed E-state index contributed by atoms with van der Waals surface area (Å²) in [4.78, 5) is 38.2. The van der Waals surface area contributed by atoms with Crippen molar-refractivity contribution in [1.29, 1.82) is 0 Å². The molecule has 0 saturated carbocycles. The van der Waals surface area contributed by atoms with E-state index in [1.165, 1.54) is 231 Å². The van der Waals surface area contributed by atoms with Crippen LogP contribution in [0.25, 0.3) is 0 Å².